The summed E-state index contributed by atoms with van der Waals surface area (Å²) in [7, 11) is 3.64. The van der Waals surface area contributed by atoms with Crippen LogP contribution in [0.1, 0.15) is 50.8 Å². The Morgan fingerprint density at radius 2 is 1.71 bits per heavy atom. The van der Waals surface area contributed by atoms with Crippen LogP contribution in [-0.4, -0.2) is 16.9 Å². The maximum absolute atomic E-state index is 5.78. The predicted molar refractivity (Wildman–Crippen MR) is 96.7 cm³/mol. The summed E-state index contributed by atoms with van der Waals surface area (Å²) in [4.78, 5) is 3.83. The molecule has 0 unspecified atom stereocenters. The van der Waals surface area contributed by atoms with Crippen LogP contribution in [0.3, 0.4) is 0 Å². The molecule has 0 amide bonds. The van der Waals surface area contributed by atoms with E-state index in [0.717, 1.165) is 5.82 Å². The Kier molecular flexibility index (Phi) is 10.8. The number of rotatable bonds is 1. The first-order valence-electron chi connectivity index (χ1n) is 7.73. The number of amidine groups is 1. The number of aliphatic imine (C=N–C) groups is 1. The second-order valence-corrected chi connectivity index (χ2v) is 5.13. The molecule has 120 valence electrons. The highest BCUT2D eigenvalue weighted by molar-refractivity contribution is 6.67. The number of anilines is 1. The summed E-state index contributed by atoms with van der Waals surface area (Å²) in [6, 6.07) is 2.10. The van der Waals surface area contributed by atoms with Gasteiger partial charge in [-0.15, -0.1) is 0 Å². The lowest BCUT2D eigenvalue weighted by Gasteiger charge is -2.07. The highest BCUT2D eigenvalue weighted by Crippen LogP contribution is 2.18. The van der Waals surface area contributed by atoms with E-state index in [4.69, 9.17) is 11.6 Å². The van der Waals surface area contributed by atoms with Gasteiger partial charge in [0.2, 0.25) is 0 Å². The summed E-state index contributed by atoms with van der Waals surface area (Å²) in [6.07, 6.45) is 10.0. The van der Waals surface area contributed by atoms with Gasteiger partial charge in [-0.1, -0.05) is 26.0 Å². The van der Waals surface area contributed by atoms with Gasteiger partial charge in [0.25, 0.3) is 0 Å². The van der Waals surface area contributed by atoms with Crippen LogP contribution in [-0.2, 0) is 7.05 Å². The van der Waals surface area contributed by atoms with Gasteiger partial charge < -0.3 is 9.88 Å². The van der Waals surface area contributed by atoms with E-state index in [2.05, 4.69) is 35.5 Å². The number of aromatic nitrogens is 1. The summed E-state index contributed by atoms with van der Waals surface area (Å²) in [5, 5.41) is 3.43. The second-order valence-electron chi connectivity index (χ2n) is 4.77. The minimum atomic E-state index is 0.407. The van der Waals surface area contributed by atoms with Crippen LogP contribution in [0.25, 0.3) is 0 Å². The Balaban J connectivity index is 0.000000416. The number of hydrogen-bond acceptors (Lipinski definition) is 1. The fraction of sp³-hybridized carbons (Fsp3) is 0.588. The average molecular weight is 312 g/mol. The molecule has 0 saturated carbocycles. The van der Waals surface area contributed by atoms with Gasteiger partial charge >= 0.3 is 0 Å². The van der Waals surface area contributed by atoms with Crippen molar-refractivity contribution in [2.24, 2.45) is 12.0 Å². The minimum Gasteiger partial charge on any atom is -0.335 e. The number of halogens is 1. The van der Waals surface area contributed by atoms with Gasteiger partial charge in [-0.3, -0.25) is 4.99 Å². The van der Waals surface area contributed by atoms with Crippen molar-refractivity contribution >= 4 is 22.7 Å². The normalized spacial score (nSPS) is 13.8. The van der Waals surface area contributed by atoms with Gasteiger partial charge in [0.1, 0.15) is 5.82 Å². The Morgan fingerprint density at radius 3 is 2.00 bits per heavy atom. The van der Waals surface area contributed by atoms with Crippen molar-refractivity contribution in [3.8, 4) is 0 Å². The van der Waals surface area contributed by atoms with E-state index in [-0.39, 0.29) is 0 Å². The topological polar surface area (TPSA) is 29.3 Å². The van der Waals surface area contributed by atoms with Crippen LogP contribution >= 0.6 is 11.6 Å². The van der Waals surface area contributed by atoms with Crippen molar-refractivity contribution in [2.75, 3.05) is 12.4 Å². The third-order valence-corrected chi connectivity index (χ3v) is 3.50. The molecule has 1 aromatic rings. The maximum atomic E-state index is 5.78. The summed E-state index contributed by atoms with van der Waals surface area (Å²) in [6.45, 7) is 8.09. The molecule has 4 heteroatoms. The zero-order chi connectivity index (χ0) is 16.3. The molecular formula is C17H30ClN3. The summed E-state index contributed by atoms with van der Waals surface area (Å²) < 4.78 is 2.04. The SMILES string of the molecule is C1=CCCCC1.CC.CN=C(Cl)Nc1c(C)cc(C)n1C. The fourth-order valence-electron chi connectivity index (χ4n) is 2.02. The quantitative estimate of drug-likeness (QED) is 0.319. The summed E-state index contributed by atoms with van der Waals surface area (Å²) in [5.74, 6) is 0.994. The van der Waals surface area contributed by atoms with Gasteiger partial charge in [0.15, 0.2) is 5.29 Å². The fourth-order valence-corrected chi connectivity index (χ4v) is 2.11. The molecular weight excluding hydrogens is 282 g/mol. The van der Waals surface area contributed by atoms with E-state index in [1.54, 1.807) is 7.05 Å². The van der Waals surface area contributed by atoms with Crippen LogP contribution < -0.4 is 5.32 Å². The monoisotopic (exact) mass is 311 g/mol. The van der Waals surface area contributed by atoms with Crippen LogP contribution in [0.2, 0.25) is 0 Å². The molecule has 0 radical (unpaired) electrons. The van der Waals surface area contributed by atoms with Crippen molar-refractivity contribution in [1.82, 2.24) is 4.57 Å². The van der Waals surface area contributed by atoms with Crippen LogP contribution in [0.4, 0.5) is 5.82 Å². The van der Waals surface area contributed by atoms with E-state index in [9.17, 15) is 0 Å². The van der Waals surface area contributed by atoms with E-state index in [1.807, 2.05) is 32.4 Å². The molecule has 2 rings (SSSR count). The minimum absolute atomic E-state index is 0.407. The van der Waals surface area contributed by atoms with Gasteiger partial charge in [-0.05, 0) is 62.8 Å². The first-order valence-corrected chi connectivity index (χ1v) is 8.11. The van der Waals surface area contributed by atoms with Crippen LogP contribution in [0, 0.1) is 13.8 Å². The molecule has 3 nitrogen and oxygen atoms in total. The van der Waals surface area contributed by atoms with Gasteiger partial charge in [-0.2, -0.15) is 0 Å². The Bertz CT molecular complexity index is 451. The molecule has 0 aromatic carbocycles. The molecule has 0 spiro atoms. The number of hydrogen-bond donors (Lipinski definition) is 1. The number of aryl methyl sites for hydroxylation is 2. The van der Waals surface area contributed by atoms with E-state index in [1.165, 1.54) is 36.9 Å². The highest BCUT2D eigenvalue weighted by Gasteiger charge is 2.06. The van der Waals surface area contributed by atoms with Crippen molar-refractivity contribution in [3.05, 3.63) is 29.5 Å². The molecule has 0 atom stereocenters. The Morgan fingerprint density at radius 1 is 1.19 bits per heavy atom. The first kappa shape index (κ1) is 19.8. The van der Waals surface area contributed by atoms with Crippen molar-refractivity contribution in [3.63, 3.8) is 0 Å². The van der Waals surface area contributed by atoms with E-state index >= 15 is 0 Å². The lowest BCUT2D eigenvalue weighted by atomic mass is 10.1. The van der Waals surface area contributed by atoms with Crippen LogP contribution in [0.5, 0.6) is 0 Å². The summed E-state index contributed by atoms with van der Waals surface area (Å²) in [5.41, 5.74) is 2.36. The lowest BCUT2D eigenvalue weighted by molar-refractivity contribution is 0.730. The summed E-state index contributed by atoms with van der Waals surface area (Å²) >= 11 is 5.78. The smallest absolute Gasteiger partial charge is 0.196 e. The largest absolute Gasteiger partial charge is 0.335 e. The maximum Gasteiger partial charge on any atom is 0.196 e. The standard InChI is InChI=1S/C9H14ClN3.C6H10.C2H6/c1-6-5-7(2)13(4)8(6)12-9(10)11-3;1-2-4-6-5-3-1;1-2/h5H,1-4H3,(H,11,12);1-2H,3-6H2;1-2H3. The predicted octanol–water partition coefficient (Wildman–Crippen LogP) is 5.42. The molecule has 1 N–H and O–H groups in total. The third-order valence-electron chi connectivity index (χ3n) is 3.24. The molecule has 0 saturated heterocycles. The molecule has 1 aliphatic carbocycles. The van der Waals surface area contributed by atoms with Crippen molar-refractivity contribution < 1.29 is 0 Å². The second kappa shape index (κ2) is 11.4. The van der Waals surface area contributed by atoms with Crippen molar-refractivity contribution in [2.45, 2.75) is 53.4 Å². The van der Waals surface area contributed by atoms with Gasteiger partial charge in [-0.25, -0.2) is 0 Å². The van der Waals surface area contributed by atoms with Gasteiger partial charge in [0, 0.05) is 19.8 Å². The first-order chi connectivity index (χ1) is 10.1. The molecule has 21 heavy (non-hydrogen) atoms. The molecule has 1 aromatic heterocycles. The molecule has 1 heterocycles. The molecule has 1 aliphatic rings. The van der Waals surface area contributed by atoms with E-state index in [0.29, 0.717) is 5.29 Å². The number of nitrogens with zero attached hydrogens (tertiary/aromatic N) is 2. The molecule has 0 aliphatic heterocycles. The Labute approximate surface area is 135 Å². The molecule has 0 bridgehead atoms. The third kappa shape index (κ3) is 7.37. The zero-order valence-corrected chi connectivity index (χ0v) is 15.1. The van der Waals surface area contributed by atoms with Crippen LogP contribution in [0.15, 0.2) is 23.2 Å². The zero-order valence-electron chi connectivity index (χ0n) is 14.3. The Hall–Kier alpha value is -1.22. The molecule has 0 fully saturated rings. The average Bonchev–Trinajstić information content (AvgIpc) is 2.78. The van der Waals surface area contributed by atoms with E-state index < -0.39 is 0 Å². The number of allylic oxidation sites excluding steroid dienone is 2. The van der Waals surface area contributed by atoms with Gasteiger partial charge in [0.05, 0.1) is 0 Å². The lowest BCUT2D eigenvalue weighted by Crippen LogP contribution is -2.09. The number of nitrogens with one attached hydrogen (secondary N) is 1. The van der Waals surface area contributed by atoms with Crippen molar-refractivity contribution in [1.29, 1.82) is 0 Å². The highest BCUT2D eigenvalue weighted by atomic mass is 35.5.